The van der Waals surface area contributed by atoms with E-state index in [0.29, 0.717) is 6.61 Å². The third-order valence-electron chi connectivity index (χ3n) is 2.88. The molecule has 0 aliphatic carbocycles. The van der Waals surface area contributed by atoms with Crippen LogP contribution in [0.25, 0.3) is 0 Å². The Morgan fingerprint density at radius 3 is 1.65 bits per heavy atom. The summed E-state index contributed by atoms with van der Waals surface area (Å²) in [6.45, 7) is 1.79. The van der Waals surface area contributed by atoms with E-state index in [2.05, 4.69) is 23.7 Å². The van der Waals surface area contributed by atoms with Gasteiger partial charge in [-0.1, -0.05) is 48.2 Å². The van der Waals surface area contributed by atoms with Crippen LogP contribution < -0.4 is 4.90 Å². The van der Waals surface area contributed by atoms with Crippen molar-refractivity contribution in [3.05, 3.63) is 60.7 Å². The number of rotatable bonds is 3. The maximum Gasteiger partial charge on any atom is 0.418 e. The van der Waals surface area contributed by atoms with Crippen LogP contribution in [0, 0.1) is 23.7 Å². The molecule has 0 bridgehead atoms. The number of benzene rings is 2. The van der Waals surface area contributed by atoms with Gasteiger partial charge in [0, 0.05) is 0 Å². The Morgan fingerprint density at radius 1 is 0.885 bits per heavy atom. The molecule has 5 heteroatoms. The van der Waals surface area contributed by atoms with E-state index in [1.54, 1.807) is 11.8 Å². The number of carbonyl (C=O) groups is 1. The second kappa shape index (κ2) is 13.1. The van der Waals surface area contributed by atoms with Gasteiger partial charge in [0.1, 0.15) is 13.2 Å². The van der Waals surface area contributed by atoms with Gasteiger partial charge in [0.2, 0.25) is 0 Å². The smallest absolute Gasteiger partial charge is 0.418 e. The monoisotopic (exact) mass is 351 g/mol. The topological polar surface area (TPSA) is 70.0 Å². The maximum atomic E-state index is 12.0. The van der Waals surface area contributed by atoms with E-state index in [1.165, 1.54) is 0 Å². The average molecular weight is 351 g/mol. The number of anilines is 2. The zero-order chi connectivity index (χ0) is 19.0. The highest BCUT2D eigenvalue weighted by Crippen LogP contribution is 2.25. The SMILES string of the molecule is CCOC(=O)N(c1ccccc1)c1ccccc1.OCC#CC#CCO. The molecular formula is C21H21NO4. The molecule has 0 unspecified atom stereocenters. The normalized spacial score (nSPS) is 8.58. The minimum Gasteiger partial charge on any atom is -0.449 e. The maximum absolute atomic E-state index is 12.0. The number of amides is 1. The van der Waals surface area contributed by atoms with Crippen LogP contribution in [0.15, 0.2) is 60.7 Å². The Balaban J connectivity index is 0.000000359. The number of carbonyl (C=O) groups excluding carboxylic acids is 1. The molecule has 0 aliphatic rings. The van der Waals surface area contributed by atoms with Crippen LogP contribution in [0.2, 0.25) is 0 Å². The van der Waals surface area contributed by atoms with Gasteiger partial charge >= 0.3 is 6.09 Å². The molecule has 0 aliphatic heterocycles. The summed E-state index contributed by atoms with van der Waals surface area (Å²) in [6.07, 6.45) is -0.366. The number of ether oxygens (including phenoxy) is 1. The van der Waals surface area contributed by atoms with Gasteiger partial charge < -0.3 is 14.9 Å². The quantitative estimate of drug-likeness (QED) is 0.834. The lowest BCUT2D eigenvalue weighted by Gasteiger charge is -2.21. The highest BCUT2D eigenvalue weighted by atomic mass is 16.6. The van der Waals surface area contributed by atoms with E-state index in [0.717, 1.165) is 11.4 Å². The van der Waals surface area contributed by atoms with Gasteiger partial charge in [-0.05, 0) is 43.0 Å². The minimum absolute atomic E-state index is 0.180. The average Bonchev–Trinajstić information content (AvgIpc) is 2.68. The van der Waals surface area contributed by atoms with E-state index in [-0.39, 0.29) is 19.3 Å². The first-order chi connectivity index (χ1) is 12.7. The Labute approximate surface area is 153 Å². The fraction of sp³-hybridized carbons (Fsp3) is 0.190. The molecule has 2 rings (SSSR count). The summed E-state index contributed by atoms with van der Waals surface area (Å²) >= 11 is 0. The second-order valence-electron chi connectivity index (χ2n) is 4.63. The van der Waals surface area contributed by atoms with Crippen molar-refractivity contribution < 1.29 is 19.7 Å². The Hall–Kier alpha value is -3.25. The van der Waals surface area contributed by atoms with Crippen LogP contribution in [-0.2, 0) is 4.74 Å². The van der Waals surface area contributed by atoms with Gasteiger partial charge in [-0.15, -0.1) is 0 Å². The van der Waals surface area contributed by atoms with Crippen molar-refractivity contribution >= 4 is 17.5 Å². The van der Waals surface area contributed by atoms with Crippen molar-refractivity contribution in [3.8, 4) is 23.7 Å². The van der Waals surface area contributed by atoms with Crippen molar-refractivity contribution in [1.82, 2.24) is 0 Å². The lowest BCUT2D eigenvalue weighted by atomic mass is 10.2. The number of para-hydroxylation sites is 2. The fourth-order valence-corrected chi connectivity index (χ4v) is 1.87. The molecule has 134 valence electrons. The summed E-state index contributed by atoms with van der Waals surface area (Å²) in [6, 6.07) is 18.9. The lowest BCUT2D eigenvalue weighted by molar-refractivity contribution is 0.162. The van der Waals surface area contributed by atoms with Crippen molar-refractivity contribution in [3.63, 3.8) is 0 Å². The lowest BCUT2D eigenvalue weighted by Crippen LogP contribution is -2.26. The molecule has 0 saturated heterocycles. The number of hydrogen-bond donors (Lipinski definition) is 2. The fourth-order valence-electron chi connectivity index (χ4n) is 1.87. The van der Waals surface area contributed by atoms with Gasteiger partial charge in [0.25, 0.3) is 0 Å². The first-order valence-electron chi connectivity index (χ1n) is 7.99. The van der Waals surface area contributed by atoms with E-state index in [1.807, 2.05) is 60.7 Å². The summed E-state index contributed by atoms with van der Waals surface area (Å²) in [5.74, 6) is 9.24. The molecule has 0 atom stereocenters. The van der Waals surface area contributed by atoms with E-state index >= 15 is 0 Å². The standard InChI is InChI=1S/C15H15NO2.C6H6O2/c1-2-18-15(17)16(13-9-5-3-6-10-13)14-11-7-4-8-12-14;7-5-3-1-2-4-6-8/h3-12H,2H2,1H3;7-8H,5-6H2. The zero-order valence-corrected chi connectivity index (χ0v) is 14.6. The third-order valence-corrected chi connectivity index (χ3v) is 2.88. The molecule has 26 heavy (non-hydrogen) atoms. The summed E-state index contributed by atoms with van der Waals surface area (Å²) in [7, 11) is 0. The predicted octanol–water partition coefficient (Wildman–Crippen LogP) is 2.96. The van der Waals surface area contributed by atoms with Gasteiger partial charge in [0.05, 0.1) is 18.0 Å². The Morgan fingerprint density at radius 2 is 1.31 bits per heavy atom. The largest absolute Gasteiger partial charge is 0.449 e. The van der Waals surface area contributed by atoms with Crippen molar-refractivity contribution in [2.45, 2.75) is 6.92 Å². The van der Waals surface area contributed by atoms with Gasteiger partial charge in [0.15, 0.2) is 0 Å². The van der Waals surface area contributed by atoms with Crippen molar-refractivity contribution in [1.29, 1.82) is 0 Å². The summed E-state index contributed by atoms with van der Waals surface area (Å²) in [5, 5.41) is 16.1. The molecule has 2 N–H and O–H groups in total. The molecule has 0 heterocycles. The molecule has 2 aromatic rings. The molecule has 5 nitrogen and oxygen atoms in total. The molecule has 0 radical (unpaired) electrons. The predicted molar refractivity (Wildman–Crippen MR) is 102 cm³/mol. The molecule has 0 fully saturated rings. The summed E-state index contributed by atoms with van der Waals surface area (Å²) in [5.41, 5.74) is 1.59. The summed E-state index contributed by atoms with van der Waals surface area (Å²) < 4.78 is 5.10. The van der Waals surface area contributed by atoms with Crippen molar-refractivity contribution in [2.24, 2.45) is 0 Å². The number of aliphatic hydroxyl groups is 2. The Bertz CT molecular complexity index is 708. The number of nitrogens with zero attached hydrogens (tertiary/aromatic N) is 1. The molecule has 0 aromatic heterocycles. The second-order valence-corrected chi connectivity index (χ2v) is 4.63. The molecule has 0 spiro atoms. The molecule has 1 amide bonds. The van der Waals surface area contributed by atoms with Gasteiger partial charge in [-0.2, -0.15) is 0 Å². The number of hydrogen-bond acceptors (Lipinski definition) is 4. The van der Waals surface area contributed by atoms with Crippen LogP contribution in [0.5, 0.6) is 0 Å². The first-order valence-corrected chi connectivity index (χ1v) is 7.99. The molecule has 0 saturated carbocycles. The van der Waals surface area contributed by atoms with Gasteiger partial charge in [-0.25, -0.2) is 9.69 Å². The van der Waals surface area contributed by atoms with Crippen LogP contribution in [-0.4, -0.2) is 36.1 Å². The van der Waals surface area contributed by atoms with Crippen LogP contribution in [0.4, 0.5) is 16.2 Å². The van der Waals surface area contributed by atoms with Crippen LogP contribution in [0.3, 0.4) is 0 Å². The van der Waals surface area contributed by atoms with E-state index < -0.39 is 0 Å². The van der Waals surface area contributed by atoms with Crippen LogP contribution >= 0.6 is 0 Å². The Kier molecular flexibility index (Phi) is 10.5. The highest BCUT2D eigenvalue weighted by molar-refractivity contribution is 5.95. The zero-order valence-electron chi connectivity index (χ0n) is 14.6. The highest BCUT2D eigenvalue weighted by Gasteiger charge is 2.18. The van der Waals surface area contributed by atoms with Gasteiger partial charge in [-0.3, -0.25) is 0 Å². The minimum atomic E-state index is -0.366. The third kappa shape index (κ3) is 7.55. The van der Waals surface area contributed by atoms with Crippen molar-refractivity contribution in [2.75, 3.05) is 24.7 Å². The van der Waals surface area contributed by atoms with Crippen LogP contribution in [0.1, 0.15) is 6.92 Å². The van der Waals surface area contributed by atoms with E-state index in [4.69, 9.17) is 14.9 Å². The molecular weight excluding hydrogens is 330 g/mol. The molecule has 2 aromatic carbocycles. The number of aliphatic hydroxyl groups excluding tert-OH is 2. The van der Waals surface area contributed by atoms with E-state index in [9.17, 15) is 4.79 Å². The first kappa shape index (κ1) is 20.8. The summed E-state index contributed by atoms with van der Waals surface area (Å²) in [4.78, 5) is 13.6.